The third-order valence-electron chi connectivity index (χ3n) is 4.15. The first-order valence-corrected chi connectivity index (χ1v) is 9.00. The lowest BCUT2D eigenvalue weighted by Gasteiger charge is -2.39. The van der Waals surface area contributed by atoms with Gasteiger partial charge in [-0.1, -0.05) is 44.0 Å². The number of nitrogens with zero attached hydrogens (tertiary/aromatic N) is 2. The number of urea groups is 1. The summed E-state index contributed by atoms with van der Waals surface area (Å²) in [7, 11) is 1.16. The molecule has 4 rings (SSSR count). The summed E-state index contributed by atoms with van der Waals surface area (Å²) < 4.78 is 63.1. The number of halogens is 2. The molecule has 0 unspecified atom stereocenters. The Hall–Kier alpha value is -1.58. The van der Waals surface area contributed by atoms with Gasteiger partial charge in [0.2, 0.25) is 12.7 Å². The summed E-state index contributed by atoms with van der Waals surface area (Å²) in [5, 5.41) is 10.8. The summed E-state index contributed by atoms with van der Waals surface area (Å²) in [4.78, 5) is 23.5. The Morgan fingerprint density at radius 1 is 1.31 bits per heavy atom. The van der Waals surface area contributed by atoms with Gasteiger partial charge in [0, 0.05) is 20.2 Å². The Bertz CT molecular complexity index is 1100. The molecule has 0 bridgehead atoms. The van der Waals surface area contributed by atoms with E-state index >= 15 is 0 Å². The van der Waals surface area contributed by atoms with Crippen LogP contribution >= 0.6 is 31.9 Å². The minimum absolute atomic E-state index is 0.104. The summed E-state index contributed by atoms with van der Waals surface area (Å²) in [5.41, 5.74) is -0.207. The maximum Gasteiger partial charge on any atom is 0.327 e. The molecule has 3 amide bonds. The topological polar surface area (TPSA) is 79.3 Å². The van der Waals surface area contributed by atoms with Crippen LogP contribution in [0.1, 0.15) is 19.7 Å². The van der Waals surface area contributed by atoms with Crippen LogP contribution in [0, 0.1) is 0 Å². The van der Waals surface area contributed by atoms with Crippen molar-refractivity contribution in [2.24, 2.45) is 0 Å². The quantitative estimate of drug-likeness (QED) is 0.388. The second kappa shape index (κ2) is 6.54. The molecule has 0 aromatic heterocycles. The molecule has 0 saturated carbocycles. The predicted octanol–water partition coefficient (Wildman–Crippen LogP) is 2.22. The Balaban J connectivity index is 2.10. The third kappa shape index (κ3) is 2.73. The average Bonchev–Trinajstić information content (AvgIpc) is 3.29. The highest BCUT2D eigenvalue weighted by atomic mass is 79.9. The zero-order valence-electron chi connectivity index (χ0n) is 19.3. The molecular weight excluding hydrogens is 472 g/mol. The fourth-order valence-corrected chi connectivity index (χ4v) is 3.81. The number of ether oxygens (including phenoxy) is 2. The Morgan fingerprint density at radius 3 is 2.65 bits per heavy atom. The smallest absolute Gasteiger partial charge is 0.327 e. The first-order chi connectivity index (χ1) is 14.6. The Morgan fingerprint density at radius 2 is 2.00 bits per heavy atom. The van der Waals surface area contributed by atoms with Gasteiger partial charge in [-0.05, 0) is 17.7 Å². The lowest BCUT2D eigenvalue weighted by Crippen LogP contribution is -2.47. The Labute approximate surface area is 175 Å². The minimum Gasteiger partial charge on any atom is -0.454 e. The lowest BCUT2D eigenvalue weighted by atomic mass is 9.81. The van der Waals surface area contributed by atoms with Crippen LogP contribution in [0.4, 0.5) is 4.79 Å². The number of hydrogen-bond acceptors (Lipinski definition) is 5. The molecule has 138 valence electrons. The maximum atomic E-state index is 12.9. The maximum absolute atomic E-state index is 12.9. The van der Waals surface area contributed by atoms with E-state index in [0.717, 1.165) is 7.05 Å². The van der Waals surface area contributed by atoms with Crippen LogP contribution < -0.4 is 9.47 Å². The van der Waals surface area contributed by atoms with Gasteiger partial charge < -0.3 is 19.5 Å². The molecule has 7 nitrogen and oxygen atoms in total. The monoisotopic (exact) mass is 492 g/mol. The molecule has 1 aromatic carbocycles. The van der Waals surface area contributed by atoms with E-state index in [1.54, 1.807) is 0 Å². The minimum atomic E-state index is -3.18. The number of rotatable bonds is 2. The molecule has 0 radical (unpaired) electrons. The summed E-state index contributed by atoms with van der Waals surface area (Å²) in [6.07, 6.45) is -3.18. The van der Waals surface area contributed by atoms with Gasteiger partial charge in [0.1, 0.15) is 6.54 Å². The molecule has 1 aliphatic carbocycles. The van der Waals surface area contributed by atoms with Gasteiger partial charge in [0.25, 0.3) is 0 Å². The SMILES string of the molecule is [2H]C1=C([2H])[C@]([2H])(N2CC(=O)N(C)C2=O)[C@@]([2H])(c2cc3c(cc2Br)OCO3)[C@@]([2H])(Br)[C@]1([2H])O. The van der Waals surface area contributed by atoms with Gasteiger partial charge in [-0.3, -0.25) is 9.69 Å². The van der Waals surface area contributed by atoms with E-state index in [2.05, 4.69) is 31.9 Å². The fraction of sp³-hybridized carbons (Fsp3) is 0.412. The van der Waals surface area contributed by atoms with Crippen molar-refractivity contribution in [2.75, 3.05) is 20.4 Å². The van der Waals surface area contributed by atoms with E-state index in [0.29, 0.717) is 9.80 Å². The number of hydrogen-bond donors (Lipinski definition) is 1. The molecule has 1 N–H and O–H groups in total. The van der Waals surface area contributed by atoms with E-state index in [-0.39, 0.29) is 28.3 Å². The first-order valence-electron chi connectivity index (χ1n) is 10.4. The first kappa shape index (κ1) is 12.0. The van der Waals surface area contributed by atoms with E-state index in [1.165, 1.54) is 12.1 Å². The summed E-state index contributed by atoms with van der Waals surface area (Å²) in [6, 6.07) is -3.49. The van der Waals surface area contributed by atoms with Gasteiger partial charge in [-0.15, -0.1) is 0 Å². The number of aliphatic hydroxyl groups is 1. The number of carbonyl (C=O) groups excluding carboxylic acids is 2. The molecule has 1 saturated heterocycles. The summed E-state index contributed by atoms with van der Waals surface area (Å²) in [5.74, 6) is -3.12. The highest BCUT2D eigenvalue weighted by Crippen LogP contribution is 2.45. The molecule has 1 fully saturated rings. The molecule has 2 aliphatic heterocycles. The largest absolute Gasteiger partial charge is 0.454 e. The zero-order valence-corrected chi connectivity index (χ0v) is 16.5. The number of alkyl halides is 1. The second-order valence-corrected chi connectivity index (χ2v) is 7.29. The van der Waals surface area contributed by atoms with Crippen molar-refractivity contribution in [2.45, 2.75) is 22.8 Å². The number of benzene rings is 1. The lowest BCUT2D eigenvalue weighted by molar-refractivity contribution is -0.124. The highest BCUT2D eigenvalue weighted by molar-refractivity contribution is 9.10. The van der Waals surface area contributed by atoms with Gasteiger partial charge in [-0.2, -0.15) is 0 Å². The standard InChI is InChI=1S/C17H16Br2N2O5/c1-20-14(23)6-21(17(20)24)10-2-3-11(22)16(19)15(10)8-4-12-13(5-9(8)18)26-7-25-12/h2-5,10-11,15-16,22H,6-7H2,1H3/t10-,11+,15+,16-/m0/s1/i2D,3D,10D,11D,15D,16D. The van der Waals surface area contributed by atoms with Gasteiger partial charge in [0.05, 0.1) is 22.4 Å². The zero-order chi connectivity index (χ0) is 24.0. The number of imide groups is 1. The summed E-state index contributed by atoms with van der Waals surface area (Å²) in [6.45, 7) is -0.827. The highest BCUT2D eigenvalue weighted by Gasteiger charge is 2.45. The third-order valence-corrected chi connectivity index (χ3v) is 5.58. The molecule has 4 atom stereocenters. The molecule has 1 aromatic rings. The van der Waals surface area contributed by atoms with Gasteiger partial charge >= 0.3 is 6.03 Å². The van der Waals surface area contributed by atoms with Crippen LogP contribution in [0.25, 0.3) is 0 Å². The van der Waals surface area contributed by atoms with Crippen molar-refractivity contribution in [3.63, 3.8) is 0 Å². The molecule has 2 heterocycles. The van der Waals surface area contributed by atoms with E-state index in [9.17, 15) is 17.4 Å². The number of likely N-dealkylation sites (N-methyl/N-ethyl adjacent to an activating group) is 1. The number of carbonyl (C=O) groups is 2. The van der Waals surface area contributed by atoms with Crippen LogP contribution in [-0.4, -0.2) is 64.1 Å². The van der Waals surface area contributed by atoms with Gasteiger partial charge in [0.15, 0.2) is 11.5 Å². The molecule has 3 aliphatic rings. The second-order valence-electron chi connectivity index (χ2n) is 5.64. The molecule has 26 heavy (non-hydrogen) atoms. The van der Waals surface area contributed by atoms with Crippen LogP contribution in [0.3, 0.4) is 0 Å². The normalized spacial score (nSPS) is 45.8. The van der Waals surface area contributed by atoms with E-state index in [1.807, 2.05) is 0 Å². The molecular formula is C17H16Br2N2O5. The van der Waals surface area contributed by atoms with Crippen molar-refractivity contribution in [3.05, 3.63) is 34.3 Å². The predicted molar refractivity (Wildman–Crippen MR) is 99.5 cm³/mol. The van der Waals surface area contributed by atoms with Crippen molar-refractivity contribution in [1.82, 2.24) is 9.80 Å². The fourth-order valence-electron chi connectivity index (χ4n) is 2.79. The van der Waals surface area contributed by atoms with Crippen LogP contribution in [0.2, 0.25) is 0 Å². The van der Waals surface area contributed by atoms with Crippen LogP contribution in [0.15, 0.2) is 28.7 Å². The summed E-state index contributed by atoms with van der Waals surface area (Å²) >= 11 is 6.14. The molecule has 0 spiro atoms. The van der Waals surface area contributed by atoms with Crippen LogP contribution in [-0.2, 0) is 4.79 Å². The Kier molecular flexibility index (Phi) is 3.02. The van der Waals surface area contributed by atoms with Crippen molar-refractivity contribution in [1.29, 1.82) is 0 Å². The van der Waals surface area contributed by atoms with Crippen molar-refractivity contribution >= 4 is 43.8 Å². The van der Waals surface area contributed by atoms with E-state index < -0.39 is 53.4 Å². The average molecular weight is 494 g/mol. The van der Waals surface area contributed by atoms with Gasteiger partial charge in [-0.25, -0.2) is 4.79 Å². The van der Waals surface area contributed by atoms with Crippen molar-refractivity contribution in [3.8, 4) is 11.5 Å². The van der Waals surface area contributed by atoms with Crippen molar-refractivity contribution < 1.29 is 32.4 Å². The van der Waals surface area contributed by atoms with Crippen LogP contribution in [0.5, 0.6) is 11.5 Å². The number of amides is 3. The number of fused-ring (bicyclic) bond motifs is 1. The van der Waals surface area contributed by atoms with E-state index in [4.69, 9.17) is 15.0 Å². The molecule has 9 heteroatoms.